The molecule has 0 aromatic heterocycles. The molecule has 158 valence electrons. The Kier molecular flexibility index (Phi) is 5.95. The molecule has 3 aromatic rings. The van der Waals surface area contributed by atoms with Crippen molar-refractivity contribution in [2.75, 3.05) is 13.2 Å². The van der Waals surface area contributed by atoms with Crippen molar-refractivity contribution in [1.82, 2.24) is 4.90 Å². The summed E-state index contributed by atoms with van der Waals surface area (Å²) >= 11 is 0. The predicted molar refractivity (Wildman–Crippen MR) is 114 cm³/mol. The van der Waals surface area contributed by atoms with Crippen LogP contribution in [-0.4, -0.2) is 35.9 Å². The highest BCUT2D eigenvalue weighted by Crippen LogP contribution is 2.24. The van der Waals surface area contributed by atoms with Gasteiger partial charge in [-0.25, -0.2) is 4.79 Å². The summed E-state index contributed by atoms with van der Waals surface area (Å²) in [5.74, 6) is -0.564. The molecule has 1 aliphatic heterocycles. The molecule has 0 atom stereocenters. The Bertz CT molecular complexity index is 1180. The number of rotatable bonds is 7. The van der Waals surface area contributed by atoms with Crippen molar-refractivity contribution in [2.24, 2.45) is 0 Å². The minimum absolute atomic E-state index is 0.0651. The highest BCUT2D eigenvalue weighted by atomic mass is 16.6. The van der Waals surface area contributed by atoms with E-state index in [1.54, 1.807) is 72.8 Å². The molecule has 7 nitrogen and oxygen atoms in total. The number of hydrogen-bond acceptors (Lipinski definition) is 6. The second kappa shape index (κ2) is 9.14. The maximum absolute atomic E-state index is 12.5. The first-order chi connectivity index (χ1) is 15.6. The Hall–Kier alpha value is -4.44. The van der Waals surface area contributed by atoms with Crippen LogP contribution in [0.3, 0.4) is 0 Å². The van der Waals surface area contributed by atoms with Crippen LogP contribution < -0.4 is 4.74 Å². The van der Waals surface area contributed by atoms with Gasteiger partial charge >= 0.3 is 5.97 Å². The summed E-state index contributed by atoms with van der Waals surface area (Å²) in [5, 5.41) is 8.78. The fraction of sp³-hybridized carbons (Fsp3) is 0.120. The third-order valence-electron chi connectivity index (χ3n) is 4.98. The maximum Gasteiger partial charge on any atom is 0.338 e. The van der Waals surface area contributed by atoms with E-state index in [1.165, 1.54) is 4.90 Å². The largest absolute Gasteiger partial charge is 0.490 e. The summed E-state index contributed by atoms with van der Waals surface area (Å²) in [5.41, 5.74) is 2.42. The standard InChI is InChI=1S/C25H18N2O5/c26-15-17-7-11-20(12-8-17)31-13-14-32-25(30)19-9-5-18(6-10-19)16-27-23(28)21-3-1-2-4-22(21)24(27)29/h1-12H,13-14,16H2. The fourth-order valence-corrected chi connectivity index (χ4v) is 3.31. The first-order valence-corrected chi connectivity index (χ1v) is 9.91. The molecule has 2 amide bonds. The van der Waals surface area contributed by atoms with Crippen LogP contribution in [0.1, 0.15) is 42.2 Å². The van der Waals surface area contributed by atoms with Crippen molar-refractivity contribution in [3.05, 3.63) is 101 Å². The molecule has 0 saturated heterocycles. The SMILES string of the molecule is N#Cc1ccc(OCCOC(=O)c2ccc(CN3C(=O)c4ccccc4C3=O)cc2)cc1. The monoisotopic (exact) mass is 426 g/mol. The molecule has 0 N–H and O–H groups in total. The molecule has 0 saturated carbocycles. The maximum atomic E-state index is 12.5. The van der Waals surface area contributed by atoms with E-state index in [1.807, 2.05) is 6.07 Å². The van der Waals surface area contributed by atoms with Crippen LogP contribution in [0.25, 0.3) is 0 Å². The number of esters is 1. The number of carbonyl (C=O) groups excluding carboxylic acids is 3. The van der Waals surface area contributed by atoms with E-state index in [4.69, 9.17) is 14.7 Å². The highest BCUT2D eigenvalue weighted by molar-refractivity contribution is 6.21. The minimum atomic E-state index is -0.499. The molecule has 3 aromatic carbocycles. The van der Waals surface area contributed by atoms with E-state index in [0.29, 0.717) is 28.0 Å². The van der Waals surface area contributed by atoms with E-state index >= 15 is 0 Å². The molecule has 32 heavy (non-hydrogen) atoms. The number of fused-ring (bicyclic) bond motifs is 1. The number of amides is 2. The number of nitrogens with zero attached hydrogens (tertiary/aromatic N) is 2. The molecular formula is C25H18N2O5. The van der Waals surface area contributed by atoms with Gasteiger partial charge in [-0.05, 0) is 54.1 Å². The summed E-state index contributed by atoms with van der Waals surface area (Å²) in [4.78, 5) is 38.4. The van der Waals surface area contributed by atoms with Gasteiger partial charge in [0.15, 0.2) is 0 Å². The van der Waals surface area contributed by atoms with Gasteiger partial charge in [0.25, 0.3) is 11.8 Å². The summed E-state index contributed by atoms with van der Waals surface area (Å²) in [7, 11) is 0. The molecule has 0 unspecified atom stereocenters. The van der Waals surface area contributed by atoms with Crippen LogP contribution in [0.2, 0.25) is 0 Å². The molecule has 1 heterocycles. The number of nitriles is 1. The summed E-state index contributed by atoms with van der Waals surface area (Å²) in [6, 6.07) is 22.0. The van der Waals surface area contributed by atoms with Crippen molar-refractivity contribution in [3.63, 3.8) is 0 Å². The lowest BCUT2D eigenvalue weighted by Crippen LogP contribution is -2.29. The second-order valence-corrected chi connectivity index (χ2v) is 7.06. The van der Waals surface area contributed by atoms with Gasteiger partial charge in [0.2, 0.25) is 0 Å². The predicted octanol–water partition coefficient (Wildman–Crippen LogP) is 3.59. The number of hydrogen-bond donors (Lipinski definition) is 0. The van der Waals surface area contributed by atoms with Crippen molar-refractivity contribution < 1.29 is 23.9 Å². The smallest absolute Gasteiger partial charge is 0.338 e. The van der Waals surface area contributed by atoms with Gasteiger partial charge < -0.3 is 9.47 Å². The van der Waals surface area contributed by atoms with Gasteiger partial charge in [0.05, 0.1) is 34.9 Å². The molecule has 0 fully saturated rings. The zero-order valence-electron chi connectivity index (χ0n) is 17.0. The van der Waals surface area contributed by atoms with Gasteiger partial charge in [0.1, 0.15) is 19.0 Å². The molecule has 4 rings (SSSR count). The highest BCUT2D eigenvalue weighted by Gasteiger charge is 2.34. The van der Waals surface area contributed by atoms with E-state index in [0.717, 1.165) is 5.56 Å². The van der Waals surface area contributed by atoms with Crippen molar-refractivity contribution in [3.8, 4) is 11.8 Å². The molecule has 1 aliphatic rings. The molecule has 7 heteroatoms. The average Bonchev–Trinajstić information content (AvgIpc) is 3.07. The van der Waals surface area contributed by atoms with Crippen molar-refractivity contribution in [1.29, 1.82) is 5.26 Å². The molecular weight excluding hydrogens is 408 g/mol. The van der Waals surface area contributed by atoms with Crippen LogP contribution in [0.15, 0.2) is 72.8 Å². The Morgan fingerprint density at radius 2 is 1.47 bits per heavy atom. The number of benzene rings is 3. The summed E-state index contributed by atoms with van der Waals surface area (Å²) in [6.45, 7) is 0.366. The molecule has 0 aliphatic carbocycles. The van der Waals surface area contributed by atoms with Gasteiger partial charge in [-0.3, -0.25) is 14.5 Å². The Labute approximate surface area is 184 Å². The van der Waals surface area contributed by atoms with Crippen molar-refractivity contribution in [2.45, 2.75) is 6.54 Å². The molecule has 0 bridgehead atoms. The third kappa shape index (κ3) is 4.35. The first kappa shape index (κ1) is 20.8. The van der Waals surface area contributed by atoms with Gasteiger partial charge in [-0.2, -0.15) is 5.26 Å². The second-order valence-electron chi connectivity index (χ2n) is 7.06. The topological polar surface area (TPSA) is 96.7 Å². The lowest BCUT2D eigenvalue weighted by molar-refractivity contribution is 0.0449. The van der Waals surface area contributed by atoms with E-state index < -0.39 is 5.97 Å². The zero-order chi connectivity index (χ0) is 22.5. The summed E-state index contributed by atoms with van der Waals surface area (Å²) < 4.78 is 10.7. The lowest BCUT2D eigenvalue weighted by atomic mass is 10.1. The molecule has 0 spiro atoms. The quantitative estimate of drug-likeness (QED) is 0.325. The van der Waals surface area contributed by atoms with Crippen LogP contribution in [0.4, 0.5) is 0 Å². The van der Waals surface area contributed by atoms with Crippen LogP contribution >= 0.6 is 0 Å². The van der Waals surface area contributed by atoms with Gasteiger partial charge in [-0.1, -0.05) is 24.3 Å². The third-order valence-corrected chi connectivity index (χ3v) is 4.98. The Morgan fingerprint density at radius 1 is 0.844 bits per heavy atom. The van der Waals surface area contributed by atoms with Crippen LogP contribution in [0, 0.1) is 11.3 Å². The van der Waals surface area contributed by atoms with Gasteiger partial charge in [-0.15, -0.1) is 0 Å². The minimum Gasteiger partial charge on any atom is -0.490 e. The normalized spacial score (nSPS) is 12.3. The van der Waals surface area contributed by atoms with Crippen LogP contribution in [-0.2, 0) is 11.3 Å². The summed E-state index contributed by atoms with van der Waals surface area (Å²) in [6.07, 6.45) is 0. The van der Waals surface area contributed by atoms with Crippen LogP contribution in [0.5, 0.6) is 5.75 Å². The van der Waals surface area contributed by atoms with E-state index in [-0.39, 0.29) is 31.6 Å². The Balaban J connectivity index is 1.28. The Morgan fingerprint density at radius 3 is 2.06 bits per heavy atom. The zero-order valence-corrected chi connectivity index (χ0v) is 17.0. The van der Waals surface area contributed by atoms with E-state index in [2.05, 4.69) is 0 Å². The number of ether oxygens (including phenoxy) is 2. The van der Waals surface area contributed by atoms with Gasteiger partial charge in [0, 0.05) is 0 Å². The fourth-order valence-electron chi connectivity index (χ4n) is 3.31. The number of carbonyl (C=O) groups is 3. The van der Waals surface area contributed by atoms with E-state index in [9.17, 15) is 14.4 Å². The molecule has 0 radical (unpaired) electrons. The number of imide groups is 1. The van der Waals surface area contributed by atoms with Crippen molar-refractivity contribution >= 4 is 17.8 Å². The average molecular weight is 426 g/mol. The lowest BCUT2D eigenvalue weighted by Gasteiger charge is -2.14. The first-order valence-electron chi connectivity index (χ1n) is 9.91.